The largest absolute Gasteiger partial charge is 0.481 e. The number of rotatable bonds is 6. The number of aliphatic carboxylic acids is 2. The van der Waals surface area contributed by atoms with Crippen molar-refractivity contribution in [1.29, 1.82) is 0 Å². The van der Waals surface area contributed by atoms with Crippen LogP contribution in [0.4, 0.5) is 0 Å². The van der Waals surface area contributed by atoms with Crippen LogP contribution in [0.25, 0.3) is 0 Å². The number of carbonyl (C=O) groups is 4. The zero-order valence-electron chi connectivity index (χ0n) is 7.67. The average Bonchev–Trinajstić information content (AvgIpc) is 1.97. The maximum atomic E-state index is 10.7. The van der Waals surface area contributed by atoms with Gasteiger partial charge in [0.25, 0.3) is 0 Å². The second kappa shape index (κ2) is 6.57. The number of carbonyl (C=O) groups excluding carboxylic acids is 2. The van der Waals surface area contributed by atoms with E-state index < -0.39 is 45.0 Å². The third-order valence-corrected chi connectivity index (χ3v) is 1.77. The van der Waals surface area contributed by atoms with E-state index in [0.717, 1.165) is 0 Å². The van der Waals surface area contributed by atoms with Gasteiger partial charge < -0.3 is 19.3 Å². The van der Waals surface area contributed by atoms with Crippen LogP contribution < -0.4 is 0 Å². The summed E-state index contributed by atoms with van der Waals surface area (Å²) in [7, 11) is -3.55. The molecule has 0 unspecified atom stereocenters. The normalized spacial score (nSPS) is 9.56. The molecule has 0 spiro atoms. The van der Waals surface area contributed by atoms with E-state index >= 15 is 0 Å². The van der Waals surface area contributed by atoms with Crippen LogP contribution >= 0.6 is 8.25 Å². The molecular weight excluding hydrogens is 247 g/mol. The van der Waals surface area contributed by atoms with Crippen LogP contribution in [0.1, 0.15) is 12.8 Å². The number of carboxylic acids is 2. The number of hydrogen-bond acceptors (Lipinski definition) is 7. The fourth-order valence-corrected chi connectivity index (χ4v) is 1.08. The molecule has 2 N–H and O–H groups in total. The van der Waals surface area contributed by atoms with Crippen molar-refractivity contribution in [1.82, 2.24) is 0 Å². The molecule has 10 heteroatoms. The molecule has 0 amide bonds. The van der Waals surface area contributed by atoms with Gasteiger partial charge in [-0.05, 0) is 0 Å². The first-order chi connectivity index (χ1) is 7.31. The lowest BCUT2D eigenvalue weighted by Crippen LogP contribution is -2.10. The van der Waals surface area contributed by atoms with E-state index in [1.807, 2.05) is 0 Å². The topological polar surface area (TPSA) is 144 Å². The molecule has 0 aromatic rings. The minimum Gasteiger partial charge on any atom is -0.481 e. The summed E-state index contributed by atoms with van der Waals surface area (Å²) in [4.78, 5) is 41.1. The SMILES string of the molecule is O=C(O)CC(=O)O[PH](=O)OC(=O)CC(=O)O. The molecule has 0 atom stereocenters. The molecule has 0 aliphatic heterocycles. The first-order valence-electron chi connectivity index (χ1n) is 3.70. The van der Waals surface area contributed by atoms with Gasteiger partial charge in [-0.3, -0.25) is 19.2 Å². The molecule has 0 aliphatic carbocycles. The molecule has 0 saturated heterocycles. The van der Waals surface area contributed by atoms with E-state index in [1.165, 1.54) is 0 Å². The first-order valence-corrected chi connectivity index (χ1v) is 4.92. The minimum atomic E-state index is -3.55. The molecule has 0 aromatic carbocycles. The van der Waals surface area contributed by atoms with Crippen LogP contribution in [0.3, 0.4) is 0 Å². The number of carboxylic acid groups (broad SMARTS) is 2. The zero-order chi connectivity index (χ0) is 12.7. The Kier molecular flexibility index (Phi) is 5.79. The second-order valence-electron chi connectivity index (χ2n) is 2.34. The first kappa shape index (κ1) is 14.1. The van der Waals surface area contributed by atoms with E-state index in [-0.39, 0.29) is 0 Å². The highest BCUT2D eigenvalue weighted by Gasteiger charge is 2.17. The van der Waals surface area contributed by atoms with Gasteiger partial charge in [0.05, 0.1) is 0 Å². The second-order valence-corrected chi connectivity index (χ2v) is 3.25. The fourth-order valence-electron chi connectivity index (χ4n) is 0.526. The summed E-state index contributed by atoms with van der Waals surface area (Å²) < 4.78 is 18.5. The highest BCUT2D eigenvalue weighted by Crippen LogP contribution is 2.25. The predicted octanol–water partition coefficient (Wildman–Crippen LogP) is -0.588. The summed E-state index contributed by atoms with van der Waals surface area (Å²) in [5.74, 6) is -5.70. The third-order valence-electron chi connectivity index (χ3n) is 0.985. The van der Waals surface area contributed by atoms with Gasteiger partial charge in [0.1, 0.15) is 12.8 Å². The zero-order valence-corrected chi connectivity index (χ0v) is 8.67. The molecule has 0 aromatic heterocycles. The van der Waals surface area contributed by atoms with E-state index in [4.69, 9.17) is 10.2 Å². The Morgan fingerprint density at radius 2 is 1.19 bits per heavy atom. The summed E-state index contributed by atoms with van der Waals surface area (Å²) in [5, 5.41) is 16.2. The lowest BCUT2D eigenvalue weighted by molar-refractivity contribution is -0.146. The summed E-state index contributed by atoms with van der Waals surface area (Å²) in [6, 6.07) is 0. The summed E-state index contributed by atoms with van der Waals surface area (Å²) in [6.07, 6.45) is -2.07. The Bertz CT molecular complexity index is 314. The van der Waals surface area contributed by atoms with Crippen molar-refractivity contribution < 1.29 is 43.0 Å². The lowest BCUT2D eigenvalue weighted by atomic mass is 10.5. The van der Waals surface area contributed by atoms with Crippen molar-refractivity contribution in [3.8, 4) is 0 Å². The van der Waals surface area contributed by atoms with E-state index in [9.17, 15) is 23.7 Å². The van der Waals surface area contributed by atoms with Crippen LogP contribution in [0, 0.1) is 0 Å². The smallest absolute Gasteiger partial charge is 0.423 e. The van der Waals surface area contributed by atoms with Crippen molar-refractivity contribution >= 4 is 32.1 Å². The van der Waals surface area contributed by atoms with Crippen LogP contribution in [0.2, 0.25) is 0 Å². The van der Waals surface area contributed by atoms with Crippen molar-refractivity contribution in [2.24, 2.45) is 0 Å². The van der Waals surface area contributed by atoms with Gasteiger partial charge in [-0.2, -0.15) is 0 Å². The Morgan fingerprint density at radius 3 is 1.44 bits per heavy atom. The molecule has 0 aliphatic rings. The lowest BCUT2D eigenvalue weighted by Gasteiger charge is -2.03. The van der Waals surface area contributed by atoms with Gasteiger partial charge in [-0.15, -0.1) is 0 Å². The van der Waals surface area contributed by atoms with E-state index in [2.05, 4.69) is 9.05 Å². The summed E-state index contributed by atoms with van der Waals surface area (Å²) in [5.41, 5.74) is 0. The fraction of sp³-hybridized carbons (Fsp3) is 0.333. The Labute approximate surface area is 88.9 Å². The molecule has 9 nitrogen and oxygen atoms in total. The van der Waals surface area contributed by atoms with Crippen molar-refractivity contribution in [3.05, 3.63) is 0 Å². The standard InChI is InChI=1S/C6H7O9P/c7-3(8)1-5(11)14-16(13)15-6(12)2-4(9)10/h16H,1-2H2,(H,7,8)(H,9,10). The monoisotopic (exact) mass is 254 g/mol. The molecule has 90 valence electrons. The van der Waals surface area contributed by atoms with Crippen LogP contribution in [-0.2, 0) is 32.8 Å². The van der Waals surface area contributed by atoms with Gasteiger partial charge in [0, 0.05) is 0 Å². The maximum absolute atomic E-state index is 10.7. The molecule has 0 saturated carbocycles. The molecular formula is C6H7O9P. The van der Waals surface area contributed by atoms with Gasteiger partial charge >= 0.3 is 32.1 Å². The van der Waals surface area contributed by atoms with Crippen LogP contribution in [0.15, 0.2) is 0 Å². The van der Waals surface area contributed by atoms with Crippen molar-refractivity contribution in [2.75, 3.05) is 0 Å². The quantitative estimate of drug-likeness (QED) is 0.469. The van der Waals surface area contributed by atoms with E-state index in [1.54, 1.807) is 0 Å². The average molecular weight is 254 g/mol. The molecule has 0 rings (SSSR count). The van der Waals surface area contributed by atoms with Gasteiger partial charge in [-0.1, -0.05) is 0 Å². The van der Waals surface area contributed by atoms with Crippen LogP contribution in [0.5, 0.6) is 0 Å². The highest BCUT2D eigenvalue weighted by atomic mass is 31.1. The molecule has 0 heterocycles. The highest BCUT2D eigenvalue weighted by molar-refractivity contribution is 7.34. The Morgan fingerprint density at radius 1 is 0.875 bits per heavy atom. The molecule has 0 bridgehead atoms. The third kappa shape index (κ3) is 7.51. The van der Waals surface area contributed by atoms with Gasteiger partial charge in [0.2, 0.25) is 0 Å². The summed E-state index contributed by atoms with van der Waals surface area (Å²) in [6.45, 7) is 0. The van der Waals surface area contributed by atoms with Crippen LogP contribution in [-0.4, -0.2) is 34.1 Å². The maximum Gasteiger partial charge on any atom is 0.423 e. The van der Waals surface area contributed by atoms with Crippen molar-refractivity contribution in [2.45, 2.75) is 12.8 Å². The molecule has 16 heavy (non-hydrogen) atoms. The summed E-state index contributed by atoms with van der Waals surface area (Å²) >= 11 is 0. The van der Waals surface area contributed by atoms with Gasteiger partial charge in [0.15, 0.2) is 0 Å². The Hall–Kier alpha value is -1.89. The molecule has 0 radical (unpaired) electrons. The number of hydrogen-bond donors (Lipinski definition) is 2. The molecule has 0 fully saturated rings. The predicted molar refractivity (Wildman–Crippen MR) is 45.7 cm³/mol. The van der Waals surface area contributed by atoms with Gasteiger partial charge in [-0.25, -0.2) is 4.57 Å². The Balaban J connectivity index is 3.99. The van der Waals surface area contributed by atoms with Crippen molar-refractivity contribution in [3.63, 3.8) is 0 Å². The van der Waals surface area contributed by atoms with E-state index in [0.29, 0.717) is 0 Å². The minimum absolute atomic E-state index is 1.03.